The predicted molar refractivity (Wildman–Crippen MR) is 286 cm³/mol. The van der Waals surface area contributed by atoms with Gasteiger partial charge in [0.1, 0.15) is 35.6 Å². The Morgan fingerprint density at radius 1 is 0.797 bits per heavy atom. The average molecular weight is 1100 g/mol. The molecule has 2 saturated heterocycles. The first-order chi connectivity index (χ1) is 37.9. The van der Waals surface area contributed by atoms with Gasteiger partial charge in [0.05, 0.1) is 44.9 Å². The lowest BCUT2D eigenvalue weighted by Crippen LogP contribution is -2.62. The van der Waals surface area contributed by atoms with Crippen LogP contribution in [0.3, 0.4) is 0 Å². The quantitative estimate of drug-likeness (QED) is 0.0426. The Morgan fingerprint density at radius 2 is 1.51 bits per heavy atom. The molecule has 3 aliphatic heterocycles. The summed E-state index contributed by atoms with van der Waals surface area (Å²) in [5, 5.41) is 19.8. The summed E-state index contributed by atoms with van der Waals surface area (Å²) in [6, 6.07) is 0.553. The molecule has 8 rings (SSSR count). The van der Waals surface area contributed by atoms with Crippen LogP contribution in [0.5, 0.6) is 0 Å². The minimum atomic E-state index is -1.10. The van der Waals surface area contributed by atoms with Crippen LogP contribution in [-0.4, -0.2) is 161 Å². The largest absolute Gasteiger partial charge is 0.382 e. The van der Waals surface area contributed by atoms with Gasteiger partial charge in [0.15, 0.2) is 0 Å². The van der Waals surface area contributed by atoms with Crippen molar-refractivity contribution < 1.29 is 57.4 Å². The maximum Gasteiger partial charge on any atom is 0.289 e. The number of Topliss-reactive ketones (excluding diaryl/α,β-unsaturated/α-hetero) is 1. The molecule has 9 amide bonds. The zero-order chi connectivity index (χ0) is 56.4. The summed E-state index contributed by atoms with van der Waals surface area (Å²) in [6.45, 7) is 9.57. The van der Waals surface area contributed by atoms with Crippen molar-refractivity contribution in [3.05, 3.63) is 53.1 Å². The third-order valence-corrected chi connectivity index (χ3v) is 16.0. The Labute approximate surface area is 460 Å². The number of rotatable bonds is 25. The van der Waals surface area contributed by atoms with E-state index in [0.717, 1.165) is 62.6 Å². The van der Waals surface area contributed by atoms with Crippen molar-refractivity contribution in [1.29, 1.82) is 0 Å². The highest BCUT2D eigenvalue weighted by molar-refractivity contribution is 6.38. The van der Waals surface area contributed by atoms with Gasteiger partial charge >= 0.3 is 0 Å². The lowest BCUT2D eigenvalue weighted by atomic mass is 9.82. The van der Waals surface area contributed by atoms with Crippen LogP contribution in [0.4, 0.5) is 5.69 Å². The Balaban J connectivity index is 0.791. The summed E-state index contributed by atoms with van der Waals surface area (Å²) in [4.78, 5) is 145. The molecule has 0 bridgehead atoms. The molecule has 5 fully saturated rings. The van der Waals surface area contributed by atoms with E-state index in [1.165, 1.54) is 17.3 Å². The van der Waals surface area contributed by atoms with E-state index in [-0.39, 0.29) is 99.2 Å². The Kier molecular flexibility index (Phi) is 19.5. The highest BCUT2D eigenvalue weighted by atomic mass is 16.5. The van der Waals surface area contributed by atoms with E-state index < -0.39 is 82.8 Å². The second-order valence-corrected chi connectivity index (χ2v) is 22.8. The molecule has 79 heavy (non-hydrogen) atoms. The van der Waals surface area contributed by atoms with Gasteiger partial charge < -0.3 is 51.2 Å². The molecule has 0 radical (unpaired) electrons. The van der Waals surface area contributed by atoms with Gasteiger partial charge in [0.25, 0.3) is 23.6 Å². The zero-order valence-corrected chi connectivity index (χ0v) is 45.8. The van der Waals surface area contributed by atoms with E-state index in [1.807, 2.05) is 33.8 Å². The number of fused-ring (bicyclic) bond motifs is 2. The number of carbonyl (C=O) groups is 10. The van der Waals surface area contributed by atoms with Gasteiger partial charge in [-0.05, 0) is 86.7 Å². The average Bonchev–Trinajstić information content (AvgIpc) is 3.95. The second kappa shape index (κ2) is 26.4. The van der Waals surface area contributed by atoms with Crippen LogP contribution in [0.15, 0.2) is 30.6 Å². The Morgan fingerprint density at radius 3 is 2.18 bits per heavy atom. The van der Waals surface area contributed by atoms with Gasteiger partial charge in [-0.15, -0.1) is 0 Å². The third-order valence-electron chi connectivity index (χ3n) is 16.0. The van der Waals surface area contributed by atoms with Gasteiger partial charge in [-0.3, -0.25) is 53.3 Å². The smallest absolute Gasteiger partial charge is 0.289 e. The van der Waals surface area contributed by atoms with Crippen LogP contribution < -0.4 is 37.2 Å². The number of benzene rings is 1. The lowest BCUT2D eigenvalue weighted by molar-refractivity contribution is -0.146. The Hall–Kier alpha value is -6.88. The second-order valence-electron chi connectivity index (χ2n) is 22.8. The molecule has 7 atom stereocenters. The molecule has 0 spiro atoms. The maximum absolute atomic E-state index is 14.9. The normalized spacial score (nSPS) is 22.2. The van der Waals surface area contributed by atoms with Crippen LogP contribution in [0.25, 0.3) is 0 Å². The van der Waals surface area contributed by atoms with Gasteiger partial charge in [-0.1, -0.05) is 65.9 Å². The summed E-state index contributed by atoms with van der Waals surface area (Å²) in [6.07, 6.45) is 11.7. The molecule has 23 heteroatoms. The van der Waals surface area contributed by atoms with Crippen LogP contribution >= 0.6 is 0 Å². The molecule has 7 N–H and O–H groups in total. The number of hydrogen-bond donors (Lipinski definition) is 7. The molecule has 23 nitrogen and oxygen atoms in total. The third kappa shape index (κ3) is 14.5. The van der Waals surface area contributed by atoms with Gasteiger partial charge in [0.2, 0.25) is 35.3 Å². The van der Waals surface area contributed by atoms with Gasteiger partial charge in [-0.25, -0.2) is 9.97 Å². The summed E-state index contributed by atoms with van der Waals surface area (Å²) < 4.78 is 11.3. The highest BCUT2D eigenvalue weighted by Gasteiger charge is 2.53. The van der Waals surface area contributed by atoms with Crippen molar-refractivity contribution in [3.8, 4) is 0 Å². The minimum absolute atomic E-state index is 0.0268. The van der Waals surface area contributed by atoms with Crippen LogP contribution in [0.1, 0.15) is 154 Å². The first-order valence-electron chi connectivity index (χ1n) is 28.3. The van der Waals surface area contributed by atoms with E-state index in [0.29, 0.717) is 44.5 Å². The first-order valence-corrected chi connectivity index (χ1v) is 28.3. The van der Waals surface area contributed by atoms with E-state index in [1.54, 1.807) is 17.0 Å². The fourth-order valence-electron chi connectivity index (χ4n) is 11.7. The number of imide groups is 1. The number of likely N-dealkylation sites (tertiary alicyclic amines) is 1. The SMILES string of the molecule is CCC[C@H](NC(=O)[C@@H]1[C@H]2CCC[C@H]2CN1C(=O)[C@@H](NC(=O)[C@@H](NC(=O)c1cnc(C(=O)NCCOCCOCCNc2cccc3c2CN(C2CCC(=O)NC2=O)C3=O)cn1)C1CCCCC1)C(C)(C)C)C(=O)C(=O)NC1CC1. The molecule has 3 aliphatic carbocycles. The molecule has 1 aromatic carbocycles. The van der Waals surface area contributed by atoms with Crippen LogP contribution in [-0.2, 0) is 49.6 Å². The monoisotopic (exact) mass is 1100 g/mol. The van der Waals surface area contributed by atoms with E-state index in [2.05, 4.69) is 47.2 Å². The molecule has 4 heterocycles. The maximum atomic E-state index is 14.9. The molecule has 3 saturated carbocycles. The summed E-state index contributed by atoms with van der Waals surface area (Å²) in [5.41, 5.74) is 1.06. The number of piperidine rings is 1. The molecular weight excluding hydrogens is 1020 g/mol. The predicted octanol–water partition coefficient (Wildman–Crippen LogP) is 2.08. The molecule has 6 aliphatic rings. The molecule has 428 valence electrons. The number of amides is 9. The van der Waals surface area contributed by atoms with Crippen molar-refractivity contribution in [1.82, 2.24) is 51.7 Å². The molecule has 2 aromatic rings. The number of nitrogens with one attached hydrogen (secondary N) is 7. The number of anilines is 1. The molecule has 1 aromatic heterocycles. The number of aromatic nitrogens is 2. The summed E-state index contributed by atoms with van der Waals surface area (Å²) >= 11 is 0. The first kappa shape index (κ1) is 58.3. The van der Waals surface area contributed by atoms with Crippen LogP contribution in [0.2, 0.25) is 0 Å². The van der Waals surface area contributed by atoms with Gasteiger partial charge in [0, 0.05) is 55.5 Å². The number of nitrogens with zero attached hydrogens (tertiary/aromatic N) is 4. The topological polar surface area (TPSA) is 306 Å². The van der Waals surface area contributed by atoms with E-state index in [9.17, 15) is 47.9 Å². The van der Waals surface area contributed by atoms with E-state index >= 15 is 0 Å². The van der Waals surface area contributed by atoms with Crippen molar-refractivity contribution in [2.75, 3.05) is 51.4 Å². The highest BCUT2D eigenvalue weighted by Crippen LogP contribution is 2.43. The van der Waals surface area contributed by atoms with Crippen molar-refractivity contribution in [2.24, 2.45) is 23.2 Å². The minimum Gasteiger partial charge on any atom is -0.382 e. The summed E-state index contributed by atoms with van der Waals surface area (Å²) in [7, 11) is 0. The van der Waals surface area contributed by atoms with Gasteiger partial charge in [-0.2, -0.15) is 0 Å². The number of ketones is 1. The van der Waals surface area contributed by atoms with Crippen LogP contribution in [0, 0.1) is 23.2 Å². The number of carbonyl (C=O) groups excluding carboxylic acids is 10. The summed E-state index contributed by atoms with van der Waals surface area (Å²) in [5.74, 6) is -5.51. The van der Waals surface area contributed by atoms with E-state index in [4.69, 9.17) is 9.47 Å². The fraction of sp³-hybridized carbons (Fsp3) is 0.643. The zero-order valence-electron chi connectivity index (χ0n) is 45.8. The van der Waals surface area contributed by atoms with Crippen molar-refractivity contribution in [3.63, 3.8) is 0 Å². The lowest BCUT2D eigenvalue weighted by Gasteiger charge is -2.38. The fourth-order valence-corrected chi connectivity index (χ4v) is 11.7. The van der Waals surface area contributed by atoms with Crippen molar-refractivity contribution >= 4 is 64.6 Å². The number of hydrogen-bond acceptors (Lipinski definition) is 15. The standard InChI is InChI=1S/C56H77N11O12/c1-5-11-39(46(69)53(75)61-34-18-19-34)62-52(74)45-35-15-9-14-33(35)30-67(45)55(77)47(56(2,3)4)65-51(73)44(32-12-7-6-8-13-32)64-49(71)41-29-59-40(28-60-41)48(70)58-23-25-79-27-26-78-24-22-57-38-17-10-16-36-37(38)31-66(54(36)76)42-20-21-43(68)63-50(42)72/h10,16-17,28-29,32-35,39,42,44-45,47,57H,5-9,11-15,18-27,30-31H2,1-4H3,(H,58,70)(H,61,75)(H,62,74)(H,64,71)(H,65,73)(H,63,68,72)/t33-,35-,39-,42?,44-,45-,47+/m0/s1. The number of ether oxygens (including phenoxy) is 2. The molecular formula is C56H77N11O12. The van der Waals surface area contributed by atoms with Crippen molar-refractivity contribution in [2.45, 2.75) is 160 Å². The Bertz CT molecular complexity index is 2620. The molecule has 1 unspecified atom stereocenters.